The van der Waals surface area contributed by atoms with Crippen LogP contribution in [0.3, 0.4) is 0 Å². The maximum absolute atomic E-state index is 13.5. The van der Waals surface area contributed by atoms with Crippen LogP contribution in [0.1, 0.15) is 84.2 Å². The minimum atomic E-state index is -0.575. The van der Waals surface area contributed by atoms with Crippen LogP contribution >= 0.6 is 0 Å². The zero-order chi connectivity index (χ0) is 26.0. The molecule has 1 aliphatic carbocycles. The number of rotatable bonds is 9. The number of hydrogen-bond donors (Lipinski definition) is 0. The van der Waals surface area contributed by atoms with Crippen molar-refractivity contribution in [2.24, 2.45) is 11.8 Å². The molecule has 2 unspecified atom stereocenters. The molecule has 1 saturated heterocycles. The summed E-state index contributed by atoms with van der Waals surface area (Å²) in [7, 11) is 0. The summed E-state index contributed by atoms with van der Waals surface area (Å²) >= 11 is 0. The molecule has 3 nitrogen and oxygen atoms in total. The molecule has 194 valence electrons. The van der Waals surface area contributed by atoms with Gasteiger partial charge in [-0.1, -0.05) is 34.1 Å². The average Bonchev–Trinajstić information content (AvgIpc) is 3.21. The van der Waals surface area contributed by atoms with E-state index in [0.29, 0.717) is 11.1 Å². The normalized spacial score (nSPS) is 20.0. The number of nitrogens with zero attached hydrogens (tertiary/aromatic N) is 1. The number of benzene rings is 1. The fraction of sp³-hybridized carbons (Fsp3) is 0.500. The summed E-state index contributed by atoms with van der Waals surface area (Å²) in [6.45, 7) is 11.4. The number of halogens is 2. The van der Waals surface area contributed by atoms with Gasteiger partial charge in [0.2, 0.25) is 5.91 Å². The maximum Gasteiger partial charge on any atom is 2.00 e. The number of carbonyl (C=O) groups excluding carboxylic acids is 2. The summed E-state index contributed by atoms with van der Waals surface area (Å²) in [5.41, 5.74) is 1.28. The monoisotopic (exact) mass is 721 g/mol. The Balaban J connectivity index is 0.000000382. The Hall–Kier alpha value is -1.51. The number of Topliss-reactive ketones (excluding diaryl/α,β-unsaturated/α-hetero) is 1. The molecule has 0 N–H and O–H groups in total. The second kappa shape index (κ2) is 16.4. The van der Waals surface area contributed by atoms with Gasteiger partial charge in [-0.05, 0) is 55.2 Å². The van der Waals surface area contributed by atoms with Crippen LogP contribution in [0.15, 0.2) is 48.6 Å². The Morgan fingerprint density at radius 1 is 1.17 bits per heavy atom. The summed E-state index contributed by atoms with van der Waals surface area (Å²) in [6.07, 6.45) is 16.6. The van der Waals surface area contributed by atoms with Crippen molar-refractivity contribution in [2.75, 3.05) is 0 Å². The van der Waals surface area contributed by atoms with Gasteiger partial charge in [0.1, 0.15) is 11.6 Å². The quantitative estimate of drug-likeness (QED) is 0.151. The van der Waals surface area contributed by atoms with E-state index in [1.165, 1.54) is 12.1 Å². The number of amides is 1. The van der Waals surface area contributed by atoms with Crippen molar-refractivity contribution in [1.82, 2.24) is 4.90 Å². The molecule has 1 saturated carbocycles. The minimum absolute atomic E-state index is 0. The van der Waals surface area contributed by atoms with Crippen molar-refractivity contribution in [2.45, 2.75) is 84.7 Å². The SMILES string of the molecule is C=[C-]/C=C(\C=C/CCC)C(=O)C(C)C.CCC1CCC(c2cc(F)cc(F)c2)N1C(=O)C1C[CH-]C1.[U+2]. The van der Waals surface area contributed by atoms with Crippen molar-refractivity contribution in [3.63, 3.8) is 0 Å². The van der Waals surface area contributed by atoms with Crippen LogP contribution in [-0.4, -0.2) is 22.6 Å². The van der Waals surface area contributed by atoms with Crippen molar-refractivity contribution < 1.29 is 49.5 Å². The van der Waals surface area contributed by atoms with E-state index >= 15 is 0 Å². The van der Waals surface area contributed by atoms with Crippen molar-refractivity contribution in [3.05, 3.63) is 78.3 Å². The van der Waals surface area contributed by atoms with E-state index in [9.17, 15) is 18.4 Å². The predicted octanol–water partition coefficient (Wildman–Crippen LogP) is 7.50. The molecular weight excluding hydrogens is 682 g/mol. The van der Waals surface area contributed by atoms with E-state index in [0.717, 1.165) is 51.0 Å². The van der Waals surface area contributed by atoms with Gasteiger partial charge in [-0.25, -0.2) is 14.9 Å². The van der Waals surface area contributed by atoms with Gasteiger partial charge >= 0.3 is 31.1 Å². The Morgan fingerprint density at radius 3 is 2.28 bits per heavy atom. The second-order valence-electron chi connectivity index (χ2n) is 9.57. The maximum atomic E-state index is 13.5. The topological polar surface area (TPSA) is 37.4 Å². The van der Waals surface area contributed by atoms with Gasteiger partial charge in [-0.15, -0.1) is 17.7 Å². The van der Waals surface area contributed by atoms with Crippen LogP contribution in [0.25, 0.3) is 0 Å². The van der Waals surface area contributed by atoms with Crippen LogP contribution in [0.4, 0.5) is 8.78 Å². The first kappa shape index (κ1) is 32.5. The smallest absolute Gasteiger partial charge is 0.333 e. The molecule has 0 spiro atoms. The molecule has 6 heteroatoms. The van der Waals surface area contributed by atoms with Gasteiger partial charge < -0.3 is 16.1 Å². The molecule has 1 amide bonds. The molecule has 1 aliphatic heterocycles. The van der Waals surface area contributed by atoms with Crippen LogP contribution < -0.4 is 0 Å². The molecule has 3 rings (SSSR count). The van der Waals surface area contributed by atoms with Crippen LogP contribution in [0.5, 0.6) is 0 Å². The first-order valence-corrected chi connectivity index (χ1v) is 12.8. The second-order valence-corrected chi connectivity index (χ2v) is 9.57. The summed E-state index contributed by atoms with van der Waals surface area (Å²) in [5.74, 6) is -0.757. The Kier molecular flexibility index (Phi) is 14.8. The molecule has 1 aromatic carbocycles. The molecule has 1 heterocycles. The van der Waals surface area contributed by atoms with Crippen molar-refractivity contribution in [1.29, 1.82) is 0 Å². The first-order valence-electron chi connectivity index (χ1n) is 12.8. The number of unbranched alkanes of at least 4 members (excludes halogenated alkanes) is 1. The number of allylic oxidation sites excluding steroid dienone is 5. The molecule has 1 aromatic rings. The summed E-state index contributed by atoms with van der Waals surface area (Å²) < 4.78 is 27.0. The number of carbonyl (C=O) groups is 2. The van der Waals surface area contributed by atoms with Gasteiger partial charge in [0.15, 0.2) is 0 Å². The zero-order valence-corrected chi connectivity index (χ0v) is 26.2. The third kappa shape index (κ3) is 9.10. The molecule has 0 bridgehead atoms. The molecule has 2 atom stereocenters. The van der Waals surface area contributed by atoms with E-state index in [1.807, 2.05) is 30.9 Å². The fourth-order valence-electron chi connectivity index (χ4n) is 4.48. The molecule has 2 aliphatic rings. The Morgan fingerprint density at radius 2 is 1.81 bits per heavy atom. The predicted molar refractivity (Wildman–Crippen MR) is 137 cm³/mol. The molecule has 2 fully saturated rings. The Bertz CT molecular complexity index is 917. The number of ketones is 1. The third-order valence-corrected chi connectivity index (χ3v) is 6.57. The van der Waals surface area contributed by atoms with Gasteiger partial charge in [0.05, 0.1) is 11.8 Å². The first-order chi connectivity index (χ1) is 16.7. The summed E-state index contributed by atoms with van der Waals surface area (Å²) in [5, 5.41) is 0. The van der Waals surface area contributed by atoms with Crippen LogP contribution in [0.2, 0.25) is 0 Å². The van der Waals surface area contributed by atoms with E-state index in [4.69, 9.17) is 0 Å². The van der Waals surface area contributed by atoms with Crippen LogP contribution in [0, 0.1) is 67.1 Å². The largest absolute Gasteiger partial charge is 2.00 e. The third-order valence-electron chi connectivity index (χ3n) is 6.57. The van der Waals surface area contributed by atoms with E-state index in [-0.39, 0.29) is 66.7 Å². The average molecular weight is 722 g/mol. The number of likely N-dealkylation sites (tertiary alicyclic amines) is 1. The van der Waals surface area contributed by atoms with Crippen molar-refractivity contribution >= 4 is 11.7 Å². The number of hydrogen-bond acceptors (Lipinski definition) is 2. The van der Waals surface area contributed by atoms with Crippen LogP contribution in [-0.2, 0) is 9.59 Å². The van der Waals surface area contributed by atoms with Gasteiger partial charge in [-0.3, -0.25) is 10.9 Å². The van der Waals surface area contributed by atoms with Gasteiger partial charge in [0.25, 0.3) is 0 Å². The molecule has 36 heavy (non-hydrogen) atoms. The Labute approximate surface area is 239 Å². The van der Waals surface area contributed by atoms with E-state index < -0.39 is 11.6 Å². The standard InChI is InChI=1S/C17H20F2NO.C13H19O.U/c1-2-15-6-7-16(12-8-13(18)10-14(19)9-12)20(15)17(21)11-4-3-5-11;1-5-7-8-10-12(9-6-2)13(14)11(3)4;/h3,8-11,15-16H,2,4-7H2,1H3;8-11H,2,5,7H2,1,3-4H3;/q2*-1;+2/b;10-8-,12-9+;. The molecular formula is C30H39F2NO2U. The van der Waals surface area contributed by atoms with E-state index in [1.54, 1.807) is 6.08 Å². The van der Waals surface area contributed by atoms with E-state index in [2.05, 4.69) is 32.9 Å². The zero-order valence-electron chi connectivity index (χ0n) is 22.0. The molecule has 0 radical (unpaired) electrons. The van der Waals surface area contributed by atoms with Gasteiger partial charge in [-0.2, -0.15) is 19.4 Å². The summed E-state index contributed by atoms with van der Waals surface area (Å²) in [4.78, 5) is 26.2. The molecule has 0 aromatic heterocycles. The summed E-state index contributed by atoms with van der Waals surface area (Å²) in [6, 6.07) is 3.60. The fourth-order valence-corrected chi connectivity index (χ4v) is 4.48. The van der Waals surface area contributed by atoms with Crippen molar-refractivity contribution in [3.8, 4) is 0 Å². The van der Waals surface area contributed by atoms with Gasteiger partial charge in [0, 0.05) is 12.1 Å². The minimum Gasteiger partial charge on any atom is -0.333 e.